The first-order chi connectivity index (χ1) is 15.1. The molecule has 0 saturated carbocycles. The SMILES string of the molecule is CCCNC(=O)Nc1cc(C)c2cnc(Nc3ccc(N4CCNCC4)cc3)nc2n1. The smallest absolute Gasteiger partial charge is 0.320 e. The third-order valence-corrected chi connectivity index (χ3v) is 5.16. The maximum Gasteiger partial charge on any atom is 0.320 e. The lowest BCUT2D eigenvalue weighted by molar-refractivity contribution is 0.252. The summed E-state index contributed by atoms with van der Waals surface area (Å²) in [5, 5.41) is 13.0. The van der Waals surface area contributed by atoms with Gasteiger partial charge < -0.3 is 20.9 Å². The van der Waals surface area contributed by atoms with E-state index in [9.17, 15) is 4.79 Å². The highest BCUT2D eigenvalue weighted by Gasteiger charge is 2.11. The molecule has 9 nitrogen and oxygen atoms in total. The molecule has 2 amide bonds. The number of amides is 2. The van der Waals surface area contributed by atoms with Crippen LogP contribution in [0.2, 0.25) is 0 Å². The molecular weight excluding hydrogens is 392 g/mol. The van der Waals surface area contributed by atoms with E-state index >= 15 is 0 Å². The first kappa shape index (κ1) is 20.8. The molecule has 0 aliphatic carbocycles. The Morgan fingerprint density at radius 3 is 2.68 bits per heavy atom. The van der Waals surface area contributed by atoms with Crippen molar-refractivity contribution in [2.24, 2.45) is 0 Å². The predicted molar refractivity (Wildman–Crippen MR) is 124 cm³/mol. The maximum absolute atomic E-state index is 12.0. The Labute approximate surface area is 181 Å². The van der Waals surface area contributed by atoms with Gasteiger partial charge in [0.05, 0.1) is 0 Å². The Balaban J connectivity index is 1.49. The van der Waals surface area contributed by atoms with Crippen molar-refractivity contribution in [3.05, 3.63) is 42.1 Å². The first-order valence-electron chi connectivity index (χ1n) is 10.6. The Bertz CT molecular complexity index is 1050. The number of rotatable bonds is 6. The lowest BCUT2D eigenvalue weighted by Gasteiger charge is -2.29. The second kappa shape index (κ2) is 9.57. The van der Waals surface area contributed by atoms with Gasteiger partial charge in [-0.15, -0.1) is 0 Å². The minimum absolute atomic E-state index is 0.273. The molecule has 0 unspecified atom stereocenters. The number of benzene rings is 1. The molecule has 9 heteroatoms. The number of piperazine rings is 1. The van der Waals surface area contributed by atoms with E-state index < -0.39 is 0 Å². The molecule has 0 radical (unpaired) electrons. The highest BCUT2D eigenvalue weighted by molar-refractivity contribution is 5.90. The molecule has 162 valence electrons. The number of nitrogens with one attached hydrogen (secondary N) is 4. The van der Waals surface area contributed by atoms with Crippen molar-refractivity contribution in [3.8, 4) is 0 Å². The van der Waals surface area contributed by atoms with Crippen molar-refractivity contribution in [1.82, 2.24) is 25.6 Å². The maximum atomic E-state index is 12.0. The third-order valence-electron chi connectivity index (χ3n) is 5.16. The number of hydrogen-bond donors (Lipinski definition) is 4. The first-order valence-corrected chi connectivity index (χ1v) is 10.6. The van der Waals surface area contributed by atoms with Crippen LogP contribution in [0, 0.1) is 6.92 Å². The van der Waals surface area contributed by atoms with Gasteiger partial charge in [-0.25, -0.2) is 14.8 Å². The van der Waals surface area contributed by atoms with Gasteiger partial charge in [-0.05, 0) is 49.2 Å². The quantitative estimate of drug-likeness (QED) is 0.486. The minimum atomic E-state index is -0.273. The van der Waals surface area contributed by atoms with Gasteiger partial charge in [0.2, 0.25) is 5.95 Å². The number of anilines is 4. The lowest BCUT2D eigenvalue weighted by Crippen LogP contribution is -2.43. The molecular formula is C22H28N8O. The van der Waals surface area contributed by atoms with E-state index in [1.807, 2.05) is 32.0 Å². The highest BCUT2D eigenvalue weighted by atomic mass is 16.2. The summed E-state index contributed by atoms with van der Waals surface area (Å²) >= 11 is 0. The van der Waals surface area contributed by atoms with E-state index in [1.165, 1.54) is 5.69 Å². The fourth-order valence-corrected chi connectivity index (χ4v) is 3.50. The zero-order chi connectivity index (χ0) is 21.6. The fraction of sp³-hybridized carbons (Fsp3) is 0.364. The number of fused-ring (bicyclic) bond motifs is 1. The largest absolute Gasteiger partial charge is 0.369 e. The van der Waals surface area contributed by atoms with Gasteiger partial charge in [0.15, 0.2) is 5.65 Å². The molecule has 3 aromatic rings. The predicted octanol–water partition coefficient (Wildman–Crippen LogP) is 3.02. The van der Waals surface area contributed by atoms with Gasteiger partial charge >= 0.3 is 6.03 Å². The van der Waals surface area contributed by atoms with Crippen molar-refractivity contribution in [2.75, 3.05) is 48.3 Å². The van der Waals surface area contributed by atoms with Crippen LogP contribution in [-0.2, 0) is 0 Å². The third kappa shape index (κ3) is 5.18. The van der Waals surface area contributed by atoms with E-state index in [-0.39, 0.29) is 6.03 Å². The zero-order valence-corrected chi connectivity index (χ0v) is 17.9. The summed E-state index contributed by atoms with van der Waals surface area (Å²) in [5.41, 5.74) is 3.59. The summed E-state index contributed by atoms with van der Waals surface area (Å²) in [4.78, 5) is 27.8. The molecule has 1 saturated heterocycles. The molecule has 4 N–H and O–H groups in total. The molecule has 3 heterocycles. The number of nitrogens with zero attached hydrogens (tertiary/aromatic N) is 4. The molecule has 1 aliphatic heterocycles. The van der Waals surface area contributed by atoms with Gasteiger partial charge in [0.25, 0.3) is 0 Å². The van der Waals surface area contributed by atoms with Crippen LogP contribution < -0.4 is 26.2 Å². The molecule has 31 heavy (non-hydrogen) atoms. The average molecular weight is 421 g/mol. The number of carbonyl (C=O) groups is 1. The summed E-state index contributed by atoms with van der Waals surface area (Å²) in [6.45, 7) is 8.61. The Kier molecular flexibility index (Phi) is 6.42. The summed E-state index contributed by atoms with van der Waals surface area (Å²) in [5.74, 6) is 0.922. The van der Waals surface area contributed by atoms with Crippen LogP contribution in [-0.4, -0.2) is 53.7 Å². The Hall–Kier alpha value is -3.46. The van der Waals surface area contributed by atoms with E-state index in [2.05, 4.69) is 53.3 Å². The average Bonchev–Trinajstić information content (AvgIpc) is 2.78. The molecule has 0 spiro atoms. The lowest BCUT2D eigenvalue weighted by atomic mass is 10.2. The van der Waals surface area contributed by atoms with Crippen LogP contribution in [0.3, 0.4) is 0 Å². The van der Waals surface area contributed by atoms with Crippen LogP contribution in [0.4, 0.5) is 27.9 Å². The van der Waals surface area contributed by atoms with Gasteiger partial charge in [0, 0.05) is 55.7 Å². The summed E-state index contributed by atoms with van der Waals surface area (Å²) in [7, 11) is 0. The van der Waals surface area contributed by atoms with Crippen LogP contribution in [0.25, 0.3) is 11.0 Å². The summed E-state index contributed by atoms with van der Waals surface area (Å²) in [6, 6.07) is 9.81. The normalized spacial score (nSPS) is 13.8. The topological polar surface area (TPSA) is 107 Å². The second-order valence-electron chi connectivity index (χ2n) is 7.55. The number of urea groups is 1. The molecule has 1 aliphatic rings. The van der Waals surface area contributed by atoms with Crippen LogP contribution >= 0.6 is 0 Å². The van der Waals surface area contributed by atoms with Crippen LogP contribution in [0.15, 0.2) is 36.5 Å². The fourth-order valence-electron chi connectivity index (χ4n) is 3.50. The van der Waals surface area contributed by atoms with Gasteiger partial charge in [0.1, 0.15) is 5.82 Å². The zero-order valence-electron chi connectivity index (χ0n) is 17.9. The van der Waals surface area contributed by atoms with Crippen molar-refractivity contribution in [1.29, 1.82) is 0 Å². The van der Waals surface area contributed by atoms with E-state index in [0.717, 1.165) is 49.2 Å². The second-order valence-corrected chi connectivity index (χ2v) is 7.55. The van der Waals surface area contributed by atoms with E-state index in [0.29, 0.717) is 24.0 Å². The summed E-state index contributed by atoms with van der Waals surface area (Å²) in [6.07, 6.45) is 2.62. The molecule has 2 aromatic heterocycles. The Morgan fingerprint density at radius 1 is 1.16 bits per heavy atom. The number of aromatic nitrogens is 3. The van der Waals surface area contributed by atoms with E-state index in [1.54, 1.807) is 6.20 Å². The van der Waals surface area contributed by atoms with Crippen molar-refractivity contribution in [2.45, 2.75) is 20.3 Å². The van der Waals surface area contributed by atoms with Gasteiger partial charge in [-0.1, -0.05) is 6.92 Å². The monoisotopic (exact) mass is 420 g/mol. The number of hydrogen-bond acceptors (Lipinski definition) is 7. The highest BCUT2D eigenvalue weighted by Crippen LogP contribution is 2.23. The van der Waals surface area contributed by atoms with Crippen molar-refractivity contribution in [3.63, 3.8) is 0 Å². The number of aryl methyl sites for hydroxylation is 1. The summed E-state index contributed by atoms with van der Waals surface area (Å²) < 4.78 is 0. The number of pyridine rings is 1. The standard InChI is InChI=1S/C22H28N8O/c1-3-8-24-22(31)28-19-13-15(2)18-14-25-21(29-20(18)27-19)26-16-4-6-17(7-5-16)30-11-9-23-10-12-30/h4-7,13-14,23H,3,8-12H2,1-2H3,(H3,24,25,26,27,28,29,31). The Morgan fingerprint density at radius 2 is 1.94 bits per heavy atom. The van der Waals surface area contributed by atoms with Crippen molar-refractivity contribution < 1.29 is 4.79 Å². The molecule has 0 bridgehead atoms. The van der Waals surface area contributed by atoms with E-state index in [4.69, 9.17) is 0 Å². The van der Waals surface area contributed by atoms with Crippen molar-refractivity contribution >= 4 is 40.2 Å². The molecule has 0 atom stereocenters. The van der Waals surface area contributed by atoms with Gasteiger partial charge in [-0.2, -0.15) is 4.98 Å². The van der Waals surface area contributed by atoms with Gasteiger partial charge in [-0.3, -0.25) is 5.32 Å². The molecule has 1 aromatic carbocycles. The number of carbonyl (C=O) groups excluding carboxylic acids is 1. The minimum Gasteiger partial charge on any atom is -0.369 e. The van der Waals surface area contributed by atoms with Crippen LogP contribution in [0.1, 0.15) is 18.9 Å². The molecule has 4 rings (SSSR count). The molecule has 1 fully saturated rings. The van der Waals surface area contributed by atoms with Crippen LogP contribution in [0.5, 0.6) is 0 Å².